The minimum atomic E-state index is -3.84. The number of halogens is 2. The molecule has 0 aliphatic carbocycles. The molecule has 0 bridgehead atoms. The quantitative estimate of drug-likeness (QED) is 0.742. The third-order valence-electron chi connectivity index (χ3n) is 3.40. The number of carbonyl (C=O) groups is 1. The molecule has 2 aromatic rings. The van der Waals surface area contributed by atoms with E-state index in [0.29, 0.717) is 5.82 Å². The Morgan fingerprint density at radius 1 is 1.36 bits per heavy atom. The summed E-state index contributed by atoms with van der Waals surface area (Å²) in [6.45, 7) is 1.01. The number of benzene rings is 1. The molecule has 1 N–H and O–H groups in total. The smallest absolute Gasteiger partial charge is 0.307 e. The van der Waals surface area contributed by atoms with E-state index in [9.17, 15) is 22.0 Å². The molecule has 0 aliphatic rings. The van der Waals surface area contributed by atoms with Gasteiger partial charge >= 0.3 is 5.97 Å². The first-order valence-corrected chi connectivity index (χ1v) is 8.77. The van der Waals surface area contributed by atoms with Crippen molar-refractivity contribution >= 4 is 16.0 Å². The van der Waals surface area contributed by atoms with Crippen LogP contribution in [0.15, 0.2) is 29.4 Å². The second kappa shape index (κ2) is 7.70. The molecule has 2 rings (SSSR count). The Hall–Kier alpha value is -2.33. The van der Waals surface area contributed by atoms with Crippen molar-refractivity contribution in [3.63, 3.8) is 0 Å². The molecule has 1 heterocycles. The van der Waals surface area contributed by atoms with Crippen molar-refractivity contribution in [2.24, 2.45) is 7.05 Å². The van der Waals surface area contributed by atoms with Crippen LogP contribution in [-0.4, -0.2) is 30.5 Å². The van der Waals surface area contributed by atoms with E-state index in [1.165, 1.54) is 18.3 Å². The molecule has 136 valence electrons. The highest BCUT2D eigenvalue weighted by Gasteiger charge is 2.18. The Labute approximate surface area is 143 Å². The van der Waals surface area contributed by atoms with Crippen molar-refractivity contribution < 1.29 is 26.7 Å². The van der Waals surface area contributed by atoms with Gasteiger partial charge in [-0.05, 0) is 13.0 Å². The molecule has 1 aromatic heterocycles. The predicted molar refractivity (Wildman–Crippen MR) is 83.9 cm³/mol. The number of hydrogen-bond acceptors (Lipinski definition) is 5. The second-order valence-corrected chi connectivity index (χ2v) is 6.97. The van der Waals surface area contributed by atoms with Gasteiger partial charge in [-0.1, -0.05) is 12.1 Å². The summed E-state index contributed by atoms with van der Waals surface area (Å²) >= 11 is 0. The molecular formula is C15H17F2N3O4S. The van der Waals surface area contributed by atoms with Crippen LogP contribution in [0.3, 0.4) is 0 Å². The molecule has 0 saturated heterocycles. The summed E-state index contributed by atoms with van der Waals surface area (Å²) in [6.07, 6.45) is 1.09. The number of nitrogens with one attached hydrogen (secondary N) is 1. The summed E-state index contributed by atoms with van der Waals surface area (Å²) in [5.41, 5.74) is -0.0992. The topological polar surface area (TPSA) is 90.3 Å². The minimum absolute atomic E-state index is 0.0992. The lowest BCUT2D eigenvalue weighted by Crippen LogP contribution is -2.27. The van der Waals surface area contributed by atoms with Gasteiger partial charge in [0, 0.05) is 25.4 Å². The Kier molecular flexibility index (Phi) is 5.85. The van der Waals surface area contributed by atoms with E-state index in [0.717, 1.165) is 6.07 Å². The number of sulfonamides is 1. The summed E-state index contributed by atoms with van der Waals surface area (Å²) in [5.74, 6) is -2.34. The Morgan fingerprint density at radius 2 is 2.08 bits per heavy atom. The van der Waals surface area contributed by atoms with Gasteiger partial charge < -0.3 is 9.30 Å². The van der Waals surface area contributed by atoms with E-state index in [2.05, 4.69) is 9.71 Å². The van der Waals surface area contributed by atoms with Crippen molar-refractivity contribution in [3.05, 3.63) is 47.4 Å². The van der Waals surface area contributed by atoms with Crippen LogP contribution in [0, 0.1) is 18.6 Å². The summed E-state index contributed by atoms with van der Waals surface area (Å²) in [5, 5.41) is -0.150. The number of imidazole rings is 1. The van der Waals surface area contributed by atoms with E-state index < -0.39 is 34.2 Å². The normalized spacial score (nSPS) is 11.5. The van der Waals surface area contributed by atoms with E-state index in [1.54, 1.807) is 18.5 Å². The SMILES string of the molecule is Cc1nc(S(=O)(=O)NCCC(=O)OCc2cccc(F)c2F)cn1C. The average molecular weight is 373 g/mol. The maximum atomic E-state index is 13.4. The van der Waals surface area contributed by atoms with Crippen LogP contribution in [0.1, 0.15) is 17.8 Å². The number of nitrogens with zero attached hydrogens (tertiary/aromatic N) is 2. The van der Waals surface area contributed by atoms with Gasteiger partial charge in [-0.15, -0.1) is 0 Å². The molecular weight excluding hydrogens is 356 g/mol. The third-order valence-corrected chi connectivity index (χ3v) is 4.73. The summed E-state index contributed by atoms with van der Waals surface area (Å²) < 4.78 is 59.1. The fraction of sp³-hybridized carbons (Fsp3) is 0.333. The van der Waals surface area contributed by atoms with Gasteiger partial charge in [-0.25, -0.2) is 26.9 Å². The van der Waals surface area contributed by atoms with Crippen molar-refractivity contribution in [3.8, 4) is 0 Å². The second-order valence-electron chi connectivity index (χ2n) is 5.26. The largest absolute Gasteiger partial charge is 0.461 e. The Bertz CT molecular complexity index is 861. The van der Waals surface area contributed by atoms with E-state index >= 15 is 0 Å². The highest BCUT2D eigenvalue weighted by atomic mass is 32.2. The van der Waals surface area contributed by atoms with Crippen molar-refractivity contribution in [2.75, 3.05) is 6.54 Å². The van der Waals surface area contributed by atoms with Gasteiger partial charge in [-0.2, -0.15) is 0 Å². The molecule has 0 saturated carbocycles. The number of hydrogen-bond donors (Lipinski definition) is 1. The van der Waals surface area contributed by atoms with Crippen LogP contribution in [-0.2, 0) is 33.2 Å². The molecule has 0 aliphatic heterocycles. The Morgan fingerprint density at radius 3 is 2.72 bits per heavy atom. The molecule has 1 aromatic carbocycles. The molecule has 25 heavy (non-hydrogen) atoms. The van der Waals surface area contributed by atoms with Crippen LogP contribution in [0.4, 0.5) is 8.78 Å². The predicted octanol–water partition coefficient (Wildman–Crippen LogP) is 1.42. The average Bonchev–Trinajstić information content (AvgIpc) is 2.89. The molecule has 0 amide bonds. The third kappa shape index (κ3) is 4.83. The van der Waals surface area contributed by atoms with Gasteiger partial charge in [0.2, 0.25) is 0 Å². The zero-order valence-corrected chi connectivity index (χ0v) is 14.4. The fourth-order valence-corrected chi connectivity index (χ4v) is 2.98. The van der Waals surface area contributed by atoms with Gasteiger partial charge in [0.1, 0.15) is 12.4 Å². The van der Waals surface area contributed by atoms with Crippen LogP contribution >= 0.6 is 0 Å². The van der Waals surface area contributed by atoms with Crippen molar-refractivity contribution in [1.29, 1.82) is 0 Å². The first-order valence-electron chi connectivity index (χ1n) is 7.29. The van der Waals surface area contributed by atoms with Gasteiger partial charge in [-0.3, -0.25) is 4.79 Å². The van der Waals surface area contributed by atoms with Crippen LogP contribution < -0.4 is 4.72 Å². The molecule has 0 fully saturated rings. The van der Waals surface area contributed by atoms with Gasteiger partial charge in [0.15, 0.2) is 16.7 Å². The van der Waals surface area contributed by atoms with E-state index in [-0.39, 0.29) is 23.6 Å². The molecule has 0 spiro atoms. The van der Waals surface area contributed by atoms with Crippen LogP contribution in [0.2, 0.25) is 0 Å². The first kappa shape index (κ1) is 19.0. The Balaban J connectivity index is 1.83. The fourth-order valence-electron chi connectivity index (χ4n) is 1.91. The zero-order valence-electron chi connectivity index (χ0n) is 13.6. The molecule has 10 heteroatoms. The van der Waals surface area contributed by atoms with Crippen molar-refractivity contribution in [1.82, 2.24) is 14.3 Å². The van der Waals surface area contributed by atoms with Crippen LogP contribution in [0.5, 0.6) is 0 Å². The summed E-state index contributed by atoms with van der Waals surface area (Å²) in [4.78, 5) is 15.5. The lowest BCUT2D eigenvalue weighted by atomic mass is 10.2. The standard InChI is InChI=1S/C15H17F2N3O4S/c1-10-19-13(8-20(10)2)25(22,23)18-7-6-14(21)24-9-11-4-3-5-12(16)15(11)17/h3-5,8,18H,6-7,9H2,1-2H3. The highest BCUT2D eigenvalue weighted by molar-refractivity contribution is 7.89. The maximum absolute atomic E-state index is 13.4. The number of aryl methyl sites for hydroxylation is 2. The monoisotopic (exact) mass is 373 g/mol. The lowest BCUT2D eigenvalue weighted by molar-refractivity contribution is -0.144. The first-order chi connectivity index (χ1) is 11.7. The maximum Gasteiger partial charge on any atom is 0.307 e. The molecule has 0 radical (unpaired) electrons. The van der Waals surface area contributed by atoms with Gasteiger partial charge in [0.05, 0.1) is 6.42 Å². The highest BCUT2D eigenvalue weighted by Crippen LogP contribution is 2.12. The number of carbonyl (C=O) groups excluding carboxylic acids is 1. The summed E-state index contributed by atoms with van der Waals surface area (Å²) in [6, 6.07) is 3.54. The van der Waals surface area contributed by atoms with E-state index in [1.807, 2.05) is 0 Å². The molecule has 0 unspecified atom stereocenters. The van der Waals surface area contributed by atoms with Crippen molar-refractivity contribution in [2.45, 2.75) is 25.0 Å². The zero-order chi connectivity index (χ0) is 18.6. The number of esters is 1. The number of aromatic nitrogens is 2. The van der Waals surface area contributed by atoms with E-state index in [4.69, 9.17) is 4.74 Å². The molecule has 0 atom stereocenters. The summed E-state index contributed by atoms with van der Waals surface area (Å²) in [7, 11) is -2.18. The minimum Gasteiger partial charge on any atom is -0.461 e. The lowest BCUT2D eigenvalue weighted by Gasteiger charge is -2.07. The number of ether oxygens (including phenoxy) is 1. The number of rotatable bonds is 7. The molecule has 7 nitrogen and oxygen atoms in total. The van der Waals surface area contributed by atoms with Gasteiger partial charge in [0.25, 0.3) is 10.0 Å². The van der Waals surface area contributed by atoms with Crippen LogP contribution in [0.25, 0.3) is 0 Å².